The van der Waals surface area contributed by atoms with Gasteiger partial charge in [0.1, 0.15) is 5.75 Å². The van der Waals surface area contributed by atoms with Crippen molar-refractivity contribution in [3.05, 3.63) is 53.6 Å². The standard InChI is InChI=1S/C20H25F2N3O3/c1-4-27-16-8-6-5-7-15(16)13-25-20(23-2)24-12-14-9-10-17(26-3)18(11-14)28-19(21)22/h5-11,19H,4,12-13H2,1-3H3,(H2,23,24,25). The first-order valence-electron chi connectivity index (χ1n) is 8.84. The number of alkyl halides is 2. The minimum Gasteiger partial charge on any atom is -0.494 e. The number of ether oxygens (including phenoxy) is 3. The Kier molecular flexibility index (Phi) is 8.33. The lowest BCUT2D eigenvalue weighted by atomic mass is 10.2. The van der Waals surface area contributed by atoms with E-state index in [0.717, 1.165) is 16.9 Å². The molecule has 0 atom stereocenters. The van der Waals surface area contributed by atoms with Gasteiger partial charge in [-0.25, -0.2) is 0 Å². The van der Waals surface area contributed by atoms with Crippen molar-refractivity contribution in [2.45, 2.75) is 26.6 Å². The number of methoxy groups -OCH3 is 1. The third-order valence-corrected chi connectivity index (χ3v) is 3.85. The van der Waals surface area contributed by atoms with Crippen molar-refractivity contribution in [2.75, 3.05) is 20.8 Å². The molecule has 2 aromatic carbocycles. The lowest BCUT2D eigenvalue weighted by Gasteiger charge is -2.15. The van der Waals surface area contributed by atoms with E-state index in [9.17, 15) is 8.78 Å². The molecule has 0 heterocycles. The van der Waals surface area contributed by atoms with Gasteiger partial charge in [-0.2, -0.15) is 8.78 Å². The SMILES string of the molecule is CCOc1ccccc1CNC(=NC)NCc1ccc(OC)c(OC(F)F)c1. The molecule has 0 saturated heterocycles. The second kappa shape index (κ2) is 11.0. The van der Waals surface area contributed by atoms with Crippen molar-refractivity contribution in [1.82, 2.24) is 10.6 Å². The van der Waals surface area contributed by atoms with E-state index in [1.54, 1.807) is 19.2 Å². The number of halogens is 2. The molecule has 0 fully saturated rings. The van der Waals surface area contributed by atoms with Crippen LogP contribution >= 0.6 is 0 Å². The van der Waals surface area contributed by atoms with Gasteiger partial charge in [0.2, 0.25) is 0 Å². The van der Waals surface area contributed by atoms with Crippen molar-refractivity contribution in [2.24, 2.45) is 4.99 Å². The molecule has 0 bridgehead atoms. The Morgan fingerprint density at radius 3 is 2.46 bits per heavy atom. The van der Waals surface area contributed by atoms with Gasteiger partial charge in [0.25, 0.3) is 0 Å². The predicted molar refractivity (Wildman–Crippen MR) is 104 cm³/mol. The second-order valence-corrected chi connectivity index (χ2v) is 5.68. The van der Waals surface area contributed by atoms with Crippen molar-refractivity contribution in [3.8, 4) is 17.2 Å². The van der Waals surface area contributed by atoms with E-state index in [1.807, 2.05) is 31.2 Å². The fourth-order valence-corrected chi connectivity index (χ4v) is 2.55. The summed E-state index contributed by atoms with van der Waals surface area (Å²) in [5, 5.41) is 6.35. The normalized spacial score (nSPS) is 11.3. The van der Waals surface area contributed by atoms with Gasteiger partial charge in [0, 0.05) is 25.7 Å². The van der Waals surface area contributed by atoms with Crippen LogP contribution in [0.2, 0.25) is 0 Å². The first kappa shape index (κ1) is 21.3. The molecule has 8 heteroatoms. The maximum absolute atomic E-state index is 12.6. The first-order chi connectivity index (χ1) is 13.6. The van der Waals surface area contributed by atoms with Crippen molar-refractivity contribution < 1.29 is 23.0 Å². The summed E-state index contributed by atoms with van der Waals surface area (Å²) < 4.78 is 40.3. The van der Waals surface area contributed by atoms with E-state index in [2.05, 4.69) is 20.4 Å². The smallest absolute Gasteiger partial charge is 0.387 e. The number of rotatable bonds is 9. The Morgan fingerprint density at radius 2 is 1.79 bits per heavy atom. The molecule has 2 rings (SSSR count). The van der Waals surface area contributed by atoms with E-state index in [-0.39, 0.29) is 11.5 Å². The third kappa shape index (κ3) is 6.29. The Bertz CT molecular complexity index is 785. The Morgan fingerprint density at radius 1 is 1.04 bits per heavy atom. The highest BCUT2D eigenvalue weighted by molar-refractivity contribution is 5.79. The second-order valence-electron chi connectivity index (χ2n) is 5.68. The first-order valence-corrected chi connectivity index (χ1v) is 8.84. The van der Waals surface area contributed by atoms with E-state index in [1.165, 1.54) is 13.2 Å². The predicted octanol–water partition coefficient (Wildman–Crippen LogP) is 3.56. The molecule has 0 unspecified atom stereocenters. The van der Waals surface area contributed by atoms with E-state index in [0.29, 0.717) is 25.7 Å². The number of benzene rings is 2. The van der Waals surface area contributed by atoms with Gasteiger partial charge in [-0.3, -0.25) is 4.99 Å². The van der Waals surface area contributed by atoms with Crippen LogP contribution in [0.3, 0.4) is 0 Å². The topological polar surface area (TPSA) is 64.1 Å². The Balaban J connectivity index is 1.97. The van der Waals surface area contributed by atoms with Crippen LogP contribution in [-0.2, 0) is 13.1 Å². The summed E-state index contributed by atoms with van der Waals surface area (Å²) in [6.07, 6.45) is 0. The number of hydrogen-bond acceptors (Lipinski definition) is 4. The summed E-state index contributed by atoms with van der Waals surface area (Å²) in [5.41, 5.74) is 1.75. The number of guanidine groups is 1. The van der Waals surface area contributed by atoms with Crippen LogP contribution in [0.5, 0.6) is 17.2 Å². The Labute approximate surface area is 163 Å². The number of aliphatic imine (C=N–C) groups is 1. The lowest BCUT2D eigenvalue weighted by Crippen LogP contribution is -2.36. The molecule has 2 N–H and O–H groups in total. The number of nitrogens with zero attached hydrogens (tertiary/aromatic N) is 1. The largest absolute Gasteiger partial charge is 0.494 e. The molecule has 2 aromatic rings. The molecule has 0 spiro atoms. The summed E-state index contributed by atoms with van der Waals surface area (Å²) in [6, 6.07) is 12.6. The van der Waals surface area contributed by atoms with Gasteiger partial charge in [0.15, 0.2) is 17.5 Å². The van der Waals surface area contributed by atoms with Gasteiger partial charge >= 0.3 is 6.61 Å². The summed E-state index contributed by atoms with van der Waals surface area (Å²) in [5.74, 6) is 1.62. The van der Waals surface area contributed by atoms with E-state index in [4.69, 9.17) is 9.47 Å². The average Bonchev–Trinajstić information content (AvgIpc) is 2.69. The molecule has 0 radical (unpaired) electrons. The van der Waals surface area contributed by atoms with Gasteiger partial charge in [-0.1, -0.05) is 24.3 Å². The Hall–Kier alpha value is -3.03. The fraction of sp³-hybridized carbons (Fsp3) is 0.350. The average molecular weight is 393 g/mol. The van der Waals surface area contributed by atoms with Crippen LogP contribution in [0.4, 0.5) is 8.78 Å². The van der Waals surface area contributed by atoms with Crippen LogP contribution in [0, 0.1) is 0 Å². The molecule has 0 aliphatic heterocycles. The summed E-state index contributed by atoms with van der Waals surface area (Å²) in [6.45, 7) is 0.502. The summed E-state index contributed by atoms with van der Waals surface area (Å²) >= 11 is 0. The molecular weight excluding hydrogens is 368 g/mol. The molecule has 6 nitrogen and oxygen atoms in total. The van der Waals surface area contributed by atoms with Crippen LogP contribution < -0.4 is 24.8 Å². The highest BCUT2D eigenvalue weighted by Crippen LogP contribution is 2.29. The molecule has 0 amide bonds. The van der Waals surface area contributed by atoms with Gasteiger partial charge < -0.3 is 24.8 Å². The van der Waals surface area contributed by atoms with Crippen molar-refractivity contribution >= 4 is 5.96 Å². The maximum atomic E-state index is 12.6. The van der Waals surface area contributed by atoms with Crippen LogP contribution in [0.1, 0.15) is 18.1 Å². The van der Waals surface area contributed by atoms with Crippen molar-refractivity contribution in [1.29, 1.82) is 0 Å². The zero-order chi connectivity index (χ0) is 20.4. The third-order valence-electron chi connectivity index (χ3n) is 3.85. The minimum atomic E-state index is -2.92. The van der Waals surface area contributed by atoms with Gasteiger partial charge in [0.05, 0.1) is 13.7 Å². The summed E-state index contributed by atoms with van der Waals surface area (Å²) in [7, 11) is 3.06. The van der Waals surface area contributed by atoms with E-state index >= 15 is 0 Å². The number of hydrogen-bond donors (Lipinski definition) is 2. The van der Waals surface area contributed by atoms with Crippen LogP contribution in [-0.4, -0.2) is 33.3 Å². The highest BCUT2D eigenvalue weighted by atomic mass is 19.3. The van der Waals surface area contributed by atoms with E-state index < -0.39 is 6.61 Å². The van der Waals surface area contributed by atoms with Crippen LogP contribution in [0.15, 0.2) is 47.5 Å². The maximum Gasteiger partial charge on any atom is 0.387 e. The fourth-order valence-electron chi connectivity index (χ4n) is 2.55. The van der Waals surface area contributed by atoms with Gasteiger partial charge in [-0.15, -0.1) is 0 Å². The van der Waals surface area contributed by atoms with Gasteiger partial charge in [-0.05, 0) is 30.7 Å². The zero-order valence-electron chi connectivity index (χ0n) is 16.2. The number of nitrogens with one attached hydrogen (secondary N) is 2. The van der Waals surface area contributed by atoms with Crippen molar-refractivity contribution in [3.63, 3.8) is 0 Å². The lowest BCUT2D eigenvalue weighted by molar-refractivity contribution is -0.0512. The molecule has 28 heavy (non-hydrogen) atoms. The molecule has 0 aromatic heterocycles. The monoisotopic (exact) mass is 393 g/mol. The number of para-hydroxylation sites is 1. The summed E-state index contributed by atoms with van der Waals surface area (Å²) in [4.78, 5) is 4.18. The highest BCUT2D eigenvalue weighted by Gasteiger charge is 2.11. The molecule has 152 valence electrons. The molecule has 0 aliphatic carbocycles. The quantitative estimate of drug-likeness (QED) is 0.504. The van der Waals surface area contributed by atoms with Crippen LogP contribution in [0.25, 0.3) is 0 Å². The zero-order valence-corrected chi connectivity index (χ0v) is 16.2. The minimum absolute atomic E-state index is 0.00890. The molecule has 0 saturated carbocycles. The molecule has 0 aliphatic rings. The molecular formula is C20H25F2N3O3.